The molecule has 8 nitrogen and oxygen atoms in total. The van der Waals surface area contributed by atoms with Gasteiger partial charge >= 0.3 is 5.69 Å². The lowest BCUT2D eigenvalue weighted by molar-refractivity contribution is 0.152. The number of imidazole rings is 1. The zero-order valence-electron chi connectivity index (χ0n) is 26.0. The lowest BCUT2D eigenvalue weighted by Crippen LogP contribution is -2.40. The van der Waals surface area contributed by atoms with Crippen molar-refractivity contribution in [2.75, 3.05) is 44.2 Å². The number of anilines is 2. The van der Waals surface area contributed by atoms with Gasteiger partial charge in [-0.2, -0.15) is 5.10 Å². The second kappa shape index (κ2) is 11.8. The molecule has 5 heterocycles. The number of rotatable bonds is 6. The number of fused-ring (bicyclic) bond motifs is 2. The van der Waals surface area contributed by atoms with Crippen LogP contribution < -0.4 is 15.9 Å². The van der Waals surface area contributed by atoms with Crippen LogP contribution in [0.25, 0.3) is 22.2 Å². The van der Waals surface area contributed by atoms with Gasteiger partial charge in [0.05, 0.1) is 17.2 Å². The van der Waals surface area contributed by atoms with Gasteiger partial charge in [0.15, 0.2) is 0 Å². The smallest absolute Gasteiger partial charge is 0.328 e. The topological polar surface area (TPSA) is 63.3 Å². The molecular formula is C34H43F2N7O. The van der Waals surface area contributed by atoms with E-state index in [9.17, 15) is 13.6 Å². The third-order valence-corrected chi connectivity index (χ3v) is 10.3. The van der Waals surface area contributed by atoms with Crippen LogP contribution in [-0.2, 0) is 27.6 Å². The molecule has 0 saturated carbocycles. The molecule has 0 bridgehead atoms. The largest absolute Gasteiger partial charge is 0.341 e. The first-order chi connectivity index (χ1) is 21.3. The summed E-state index contributed by atoms with van der Waals surface area (Å²) >= 11 is 0. The lowest BCUT2D eigenvalue weighted by Gasteiger charge is -2.36. The summed E-state index contributed by atoms with van der Waals surface area (Å²) in [7, 11) is 5.50. The highest BCUT2D eigenvalue weighted by Crippen LogP contribution is 2.43. The number of aromatic nitrogens is 4. The number of piperidine rings is 2. The van der Waals surface area contributed by atoms with Gasteiger partial charge in [0.1, 0.15) is 0 Å². The number of halogens is 2. The average molecular weight is 604 g/mol. The van der Waals surface area contributed by atoms with Crippen molar-refractivity contribution in [2.24, 2.45) is 27.1 Å². The molecule has 7 rings (SSSR count). The number of hydrogen-bond donors (Lipinski definition) is 1. The monoisotopic (exact) mass is 603 g/mol. The minimum Gasteiger partial charge on any atom is -0.341 e. The lowest BCUT2D eigenvalue weighted by atomic mass is 9.86. The zero-order chi connectivity index (χ0) is 30.5. The first-order valence-corrected chi connectivity index (χ1v) is 16.1. The Kier molecular flexibility index (Phi) is 7.82. The summed E-state index contributed by atoms with van der Waals surface area (Å²) in [5.74, 6) is 1.11. The maximum Gasteiger partial charge on any atom is 0.328 e. The number of likely N-dealkylation sites (tertiary alicyclic amines) is 1. The van der Waals surface area contributed by atoms with Crippen LogP contribution in [0.2, 0.25) is 0 Å². The van der Waals surface area contributed by atoms with Crippen molar-refractivity contribution in [2.45, 2.75) is 50.9 Å². The second-order valence-electron chi connectivity index (χ2n) is 13.1. The van der Waals surface area contributed by atoms with Crippen molar-refractivity contribution in [3.8, 4) is 11.1 Å². The Bertz CT molecular complexity index is 1720. The molecule has 234 valence electrons. The van der Waals surface area contributed by atoms with Gasteiger partial charge in [-0.3, -0.25) is 13.8 Å². The van der Waals surface area contributed by atoms with E-state index in [2.05, 4.69) is 32.3 Å². The number of alkyl halides is 2. The Labute approximate surface area is 257 Å². The van der Waals surface area contributed by atoms with E-state index in [-0.39, 0.29) is 11.3 Å². The summed E-state index contributed by atoms with van der Waals surface area (Å²) < 4.78 is 34.2. The summed E-state index contributed by atoms with van der Waals surface area (Å²) in [6.45, 7) is 6.27. The molecule has 1 N–H and O–H groups in total. The van der Waals surface area contributed by atoms with Gasteiger partial charge in [-0.05, 0) is 117 Å². The first-order valence-electron chi connectivity index (χ1n) is 16.1. The van der Waals surface area contributed by atoms with Crippen LogP contribution >= 0.6 is 0 Å². The molecule has 0 atom stereocenters. The third-order valence-electron chi connectivity index (χ3n) is 10.3. The predicted molar refractivity (Wildman–Crippen MR) is 171 cm³/mol. The summed E-state index contributed by atoms with van der Waals surface area (Å²) in [6.07, 6.45) is 7.19. The maximum atomic E-state index is 14.5. The van der Waals surface area contributed by atoms with E-state index in [1.54, 1.807) is 39.3 Å². The van der Waals surface area contributed by atoms with Crippen LogP contribution in [0.1, 0.15) is 61.1 Å². The Morgan fingerprint density at radius 3 is 2.45 bits per heavy atom. The van der Waals surface area contributed by atoms with Crippen molar-refractivity contribution < 1.29 is 8.78 Å². The number of nitrogens with one attached hydrogen (secondary N) is 1. The number of nitrogens with zero attached hydrogens (tertiary/aromatic N) is 6. The van der Waals surface area contributed by atoms with Crippen LogP contribution in [0.5, 0.6) is 0 Å². The first kappa shape index (κ1) is 29.2. The molecule has 2 saturated heterocycles. The second-order valence-corrected chi connectivity index (χ2v) is 13.1. The molecule has 3 aliphatic rings. The standard InChI is InChI=1S/C34H43F2N7O/c1-39-21-25(19-38-39)27-15-24-5-4-12-43(30(24)18-29(27)33(35)36)26-16-28(32-31(17-26)40(2)34(44)41(32)3)23-8-13-42(14-9-23)20-22-6-10-37-11-7-22/h15-19,21-23,33,37H,4-14,20H2,1-3H3. The fourth-order valence-corrected chi connectivity index (χ4v) is 7.90. The van der Waals surface area contributed by atoms with Gasteiger partial charge in [0.25, 0.3) is 6.43 Å². The van der Waals surface area contributed by atoms with Crippen LogP contribution in [-0.4, -0.2) is 63.1 Å². The van der Waals surface area contributed by atoms with Crippen LogP contribution in [0.3, 0.4) is 0 Å². The number of benzene rings is 2. The summed E-state index contributed by atoms with van der Waals surface area (Å²) in [6, 6.07) is 7.96. The minimum atomic E-state index is -2.61. The molecule has 2 aromatic heterocycles. The molecule has 4 aromatic rings. The fourth-order valence-electron chi connectivity index (χ4n) is 7.90. The fraction of sp³-hybridized carbons (Fsp3) is 0.529. The van der Waals surface area contributed by atoms with Crippen molar-refractivity contribution in [3.05, 3.63) is 63.8 Å². The van der Waals surface area contributed by atoms with Gasteiger partial charge in [-0.15, -0.1) is 0 Å². The summed E-state index contributed by atoms with van der Waals surface area (Å²) in [5, 5.41) is 7.70. The van der Waals surface area contributed by atoms with Crippen LogP contribution in [0.4, 0.5) is 20.2 Å². The van der Waals surface area contributed by atoms with Crippen molar-refractivity contribution in [1.82, 2.24) is 29.1 Å². The summed E-state index contributed by atoms with van der Waals surface area (Å²) in [5.41, 5.74) is 7.21. The molecule has 2 fully saturated rings. The highest BCUT2D eigenvalue weighted by molar-refractivity contribution is 5.87. The maximum absolute atomic E-state index is 14.5. The van der Waals surface area contributed by atoms with Crippen molar-refractivity contribution in [3.63, 3.8) is 0 Å². The highest BCUT2D eigenvalue weighted by atomic mass is 19.3. The van der Waals surface area contributed by atoms with Crippen molar-refractivity contribution >= 4 is 22.4 Å². The molecule has 10 heteroatoms. The van der Waals surface area contributed by atoms with Gasteiger partial charge in [-0.1, -0.05) is 0 Å². The predicted octanol–water partition coefficient (Wildman–Crippen LogP) is 5.48. The van der Waals surface area contributed by atoms with E-state index < -0.39 is 6.43 Å². The van der Waals surface area contributed by atoms with E-state index in [1.807, 2.05) is 20.2 Å². The molecule has 0 amide bonds. The Morgan fingerprint density at radius 2 is 1.75 bits per heavy atom. The Balaban J connectivity index is 1.26. The number of hydrogen-bond acceptors (Lipinski definition) is 5. The molecule has 2 aromatic carbocycles. The van der Waals surface area contributed by atoms with E-state index in [1.165, 1.54) is 24.9 Å². The molecule has 0 radical (unpaired) electrons. The molecule has 0 unspecified atom stereocenters. The normalized spacial score (nSPS) is 18.9. The van der Waals surface area contributed by atoms with Gasteiger partial charge in [0.2, 0.25) is 0 Å². The van der Waals surface area contributed by atoms with E-state index in [4.69, 9.17) is 0 Å². The van der Waals surface area contributed by atoms with Gasteiger partial charge < -0.3 is 15.1 Å². The SMILES string of the molecule is Cn1cc(-c2cc3c(cc2C(F)F)N(c2cc(C4CCN(CC5CCNCC5)CC4)c4c(c2)n(C)c(=O)n4C)CCC3)cn1. The van der Waals surface area contributed by atoms with Crippen LogP contribution in [0, 0.1) is 5.92 Å². The van der Waals surface area contributed by atoms with E-state index in [0.717, 1.165) is 92.3 Å². The van der Waals surface area contributed by atoms with Gasteiger partial charge in [-0.25, -0.2) is 13.6 Å². The minimum absolute atomic E-state index is 0.0261. The van der Waals surface area contributed by atoms with Gasteiger partial charge in [0, 0.05) is 62.9 Å². The number of aryl methyl sites for hydroxylation is 4. The van der Waals surface area contributed by atoms with E-state index in [0.29, 0.717) is 17.0 Å². The molecule has 3 aliphatic heterocycles. The molecular weight excluding hydrogens is 560 g/mol. The molecule has 0 aliphatic carbocycles. The summed E-state index contributed by atoms with van der Waals surface area (Å²) in [4.78, 5) is 18.0. The average Bonchev–Trinajstić information content (AvgIpc) is 3.57. The van der Waals surface area contributed by atoms with Crippen molar-refractivity contribution in [1.29, 1.82) is 0 Å². The molecule has 0 spiro atoms. The third kappa shape index (κ3) is 5.26. The highest BCUT2D eigenvalue weighted by Gasteiger charge is 2.29. The Hall–Kier alpha value is -3.50. The quantitative estimate of drug-likeness (QED) is 0.317. The zero-order valence-corrected chi connectivity index (χ0v) is 26.0. The Morgan fingerprint density at radius 1 is 0.977 bits per heavy atom. The van der Waals surface area contributed by atoms with Crippen LogP contribution in [0.15, 0.2) is 41.5 Å². The molecule has 44 heavy (non-hydrogen) atoms. The van der Waals surface area contributed by atoms with E-state index >= 15 is 0 Å².